The lowest BCUT2D eigenvalue weighted by molar-refractivity contribution is -0.0484. The molecule has 0 heterocycles. The van der Waals surface area contributed by atoms with Crippen molar-refractivity contribution in [1.82, 2.24) is 0 Å². The van der Waals surface area contributed by atoms with Crippen LogP contribution in [0.25, 0.3) is 11.1 Å². The molecule has 0 aliphatic rings. The van der Waals surface area contributed by atoms with Gasteiger partial charge in [0.15, 0.2) is 29.6 Å². The van der Waals surface area contributed by atoms with E-state index in [1.807, 2.05) is 0 Å². The number of aryl methyl sites for hydroxylation is 1. The van der Waals surface area contributed by atoms with Crippen molar-refractivity contribution in [3.8, 4) is 11.1 Å². The molecule has 0 aromatic heterocycles. The first-order chi connectivity index (χ1) is 9.34. The standard InChI is InChI=1S/C14H10F4O2/c1-6-3-2-4-7(5-6)8-10(15)12(17)9(14(19)20)13(18)11(8)16/h2-5,14,19-20H,1H3. The SMILES string of the molecule is Cc1cccc(-c2c(F)c(F)c(C(O)O)c(F)c2F)c1. The molecule has 0 aliphatic carbocycles. The van der Waals surface area contributed by atoms with Crippen molar-refractivity contribution in [3.63, 3.8) is 0 Å². The van der Waals surface area contributed by atoms with Crippen LogP contribution in [-0.4, -0.2) is 10.2 Å². The first-order valence-corrected chi connectivity index (χ1v) is 5.63. The molecule has 0 fully saturated rings. The van der Waals surface area contributed by atoms with E-state index in [-0.39, 0.29) is 5.56 Å². The summed E-state index contributed by atoms with van der Waals surface area (Å²) in [7, 11) is 0. The monoisotopic (exact) mass is 286 g/mol. The predicted octanol–water partition coefficient (Wildman–Crippen LogP) is 3.20. The van der Waals surface area contributed by atoms with E-state index in [9.17, 15) is 17.6 Å². The molecule has 2 nitrogen and oxygen atoms in total. The summed E-state index contributed by atoms with van der Waals surface area (Å²) in [6, 6.07) is 5.78. The summed E-state index contributed by atoms with van der Waals surface area (Å²) in [6.45, 7) is 1.65. The van der Waals surface area contributed by atoms with Gasteiger partial charge >= 0.3 is 0 Å². The Balaban J connectivity index is 2.79. The second-order valence-electron chi connectivity index (χ2n) is 4.29. The number of aliphatic hydroxyl groups excluding tert-OH is 1. The van der Waals surface area contributed by atoms with Crippen LogP contribution >= 0.6 is 0 Å². The highest BCUT2D eigenvalue weighted by atomic mass is 19.2. The fourth-order valence-corrected chi connectivity index (χ4v) is 1.93. The smallest absolute Gasteiger partial charge is 0.184 e. The van der Waals surface area contributed by atoms with Gasteiger partial charge in [0.25, 0.3) is 0 Å². The summed E-state index contributed by atoms with van der Waals surface area (Å²) in [4.78, 5) is 0. The molecule has 0 saturated heterocycles. The number of benzene rings is 2. The molecule has 2 aromatic rings. The Morgan fingerprint density at radius 1 is 0.900 bits per heavy atom. The van der Waals surface area contributed by atoms with Crippen molar-refractivity contribution in [2.75, 3.05) is 0 Å². The first-order valence-electron chi connectivity index (χ1n) is 5.63. The molecule has 20 heavy (non-hydrogen) atoms. The Hall–Kier alpha value is -1.92. The first kappa shape index (κ1) is 14.5. The lowest BCUT2D eigenvalue weighted by Crippen LogP contribution is -2.10. The van der Waals surface area contributed by atoms with Crippen LogP contribution < -0.4 is 0 Å². The second kappa shape index (κ2) is 5.22. The summed E-state index contributed by atoms with van der Waals surface area (Å²) >= 11 is 0. The van der Waals surface area contributed by atoms with Crippen LogP contribution in [0.3, 0.4) is 0 Å². The Labute approximate surface area is 111 Å². The van der Waals surface area contributed by atoms with E-state index in [0.717, 1.165) is 0 Å². The van der Waals surface area contributed by atoms with Gasteiger partial charge in [0, 0.05) is 0 Å². The lowest BCUT2D eigenvalue weighted by Gasteiger charge is -2.13. The summed E-state index contributed by atoms with van der Waals surface area (Å²) in [5, 5.41) is 17.6. The predicted molar refractivity (Wildman–Crippen MR) is 63.6 cm³/mol. The Morgan fingerprint density at radius 2 is 1.45 bits per heavy atom. The van der Waals surface area contributed by atoms with Crippen LogP contribution in [0, 0.1) is 30.2 Å². The molecule has 0 aliphatic heterocycles. The molecule has 0 atom stereocenters. The van der Waals surface area contributed by atoms with E-state index in [0.29, 0.717) is 5.56 Å². The lowest BCUT2D eigenvalue weighted by atomic mass is 9.99. The van der Waals surface area contributed by atoms with Gasteiger partial charge < -0.3 is 10.2 Å². The topological polar surface area (TPSA) is 40.5 Å². The van der Waals surface area contributed by atoms with Crippen LogP contribution in [0.1, 0.15) is 17.4 Å². The zero-order valence-corrected chi connectivity index (χ0v) is 10.3. The minimum Gasteiger partial charge on any atom is -0.364 e. The molecule has 6 heteroatoms. The van der Waals surface area contributed by atoms with Crippen molar-refractivity contribution >= 4 is 0 Å². The summed E-state index contributed by atoms with van der Waals surface area (Å²) in [6.07, 6.45) is -2.65. The minimum atomic E-state index is -2.65. The molecule has 2 aromatic carbocycles. The average Bonchev–Trinajstić information content (AvgIpc) is 2.37. The van der Waals surface area contributed by atoms with Crippen molar-refractivity contribution in [1.29, 1.82) is 0 Å². The highest BCUT2D eigenvalue weighted by Crippen LogP contribution is 2.34. The van der Waals surface area contributed by atoms with Gasteiger partial charge in [0.05, 0.1) is 11.1 Å². The van der Waals surface area contributed by atoms with Gasteiger partial charge in [-0.1, -0.05) is 29.8 Å². The van der Waals surface area contributed by atoms with Crippen LogP contribution in [0.4, 0.5) is 17.6 Å². The third-order valence-electron chi connectivity index (χ3n) is 2.86. The van der Waals surface area contributed by atoms with E-state index in [2.05, 4.69) is 0 Å². The minimum absolute atomic E-state index is 0.0446. The van der Waals surface area contributed by atoms with Gasteiger partial charge in [-0.25, -0.2) is 17.6 Å². The molecular formula is C14H10F4O2. The van der Waals surface area contributed by atoms with Crippen LogP contribution in [0.15, 0.2) is 24.3 Å². The van der Waals surface area contributed by atoms with Crippen LogP contribution in [-0.2, 0) is 0 Å². The number of aliphatic hydroxyl groups is 2. The maximum absolute atomic E-state index is 13.9. The van der Waals surface area contributed by atoms with Gasteiger partial charge in [-0.3, -0.25) is 0 Å². The van der Waals surface area contributed by atoms with Gasteiger partial charge in [-0.05, 0) is 12.5 Å². The highest BCUT2D eigenvalue weighted by molar-refractivity contribution is 5.66. The van der Waals surface area contributed by atoms with E-state index in [1.165, 1.54) is 18.2 Å². The average molecular weight is 286 g/mol. The molecule has 0 spiro atoms. The number of hydrogen-bond donors (Lipinski definition) is 2. The zero-order valence-electron chi connectivity index (χ0n) is 10.3. The quantitative estimate of drug-likeness (QED) is 0.505. The Bertz CT molecular complexity index is 639. The van der Waals surface area contributed by atoms with Crippen molar-refractivity contribution in [2.45, 2.75) is 13.2 Å². The maximum atomic E-state index is 13.9. The molecule has 0 saturated carbocycles. The van der Waals surface area contributed by atoms with Crippen LogP contribution in [0.2, 0.25) is 0 Å². The highest BCUT2D eigenvalue weighted by Gasteiger charge is 2.29. The largest absolute Gasteiger partial charge is 0.364 e. The third-order valence-corrected chi connectivity index (χ3v) is 2.86. The maximum Gasteiger partial charge on any atom is 0.184 e. The molecule has 0 amide bonds. The fourth-order valence-electron chi connectivity index (χ4n) is 1.93. The molecular weight excluding hydrogens is 276 g/mol. The fraction of sp³-hybridized carbons (Fsp3) is 0.143. The molecule has 0 bridgehead atoms. The number of halogens is 4. The van der Waals surface area contributed by atoms with Gasteiger partial charge in [-0.15, -0.1) is 0 Å². The van der Waals surface area contributed by atoms with Gasteiger partial charge in [0.2, 0.25) is 0 Å². The zero-order chi connectivity index (χ0) is 15.0. The van der Waals surface area contributed by atoms with Crippen molar-refractivity contribution in [2.24, 2.45) is 0 Å². The number of hydrogen-bond acceptors (Lipinski definition) is 2. The summed E-state index contributed by atoms with van der Waals surface area (Å²) in [5.41, 5.74) is -1.73. The third kappa shape index (κ3) is 2.28. The van der Waals surface area contributed by atoms with E-state index >= 15 is 0 Å². The number of rotatable bonds is 2. The Kier molecular flexibility index (Phi) is 3.78. The van der Waals surface area contributed by atoms with E-state index in [4.69, 9.17) is 10.2 Å². The van der Waals surface area contributed by atoms with Crippen molar-refractivity contribution in [3.05, 3.63) is 58.7 Å². The molecule has 0 unspecified atom stereocenters. The normalized spacial score (nSPS) is 11.2. The van der Waals surface area contributed by atoms with Crippen molar-refractivity contribution < 1.29 is 27.8 Å². The van der Waals surface area contributed by atoms with Crippen LogP contribution in [0.5, 0.6) is 0 Å². The molecule has 2 N–H and O–H groups in total. The Morgan fingerprint density at radius 3 is 1.90 bits per heavy atom. The van der Waals surface area contributed by atoms with Gasteiger partial charge in [0.1, 0.15) is 0 Å². The molecule has 0 radical (unpaired) electrons. The molecule has 2 rings (SSSR count). The molecule has 106 valence electrons. The van der Waals surface area contributed by atoms with E-state index < -0.39 is 40.7 Å². The van der Waals surface area contributed by atoms with E-state index in [1.54, 1.807) is 13.0 Å². The summed E-state index contributed by atoms with van der Waals surface area (Å²) < 4.78 is 55.0. The second-order valence-corrected chi connectivity index (χ2v) is 4.29. The van der Waals surface area contributed by atoms with Gasteiger partial charge in [-0.2, -0.15) is 0 Å². The summed E-state index contributed by atoms with van der Waals surface area (Å²) in [5.74, 6) is -6.99.